The molecule has 226 valence electrons. The minimum absolute atomic E-state index is 1.14. The Morgan fingerprint density at radius 3 is 1.73 bits per heavy atom. The number of thiophene rings is 1. The van der Waals surface area contributed by atoms with Crippen LogP contribution in [-0.4, -0.2) is 0 Å². The molecule has 48 heavy (non-hydrogen) atoms. The Bertz CT molecular complexity index is 2560. The van der Waals surface area contributed by atoms with E-state index < -0.39 is 0 Å². The molecule has 0 aliphatic carbocycles. The molecule has 9 rings (SSSR count). The maximum atomic E-state index is 2.51. The fraction of sp³-hybridized carbons (Fsp3) is 0. The Hall–Kier alpha value is -5.96. The van der Waals surface area contributed by atoms with E-state index in [0.29, 0.717) is 0 Å². The number of hydrogen-bond donors (Lipinski definition) is 0. The van der Waals surface area contributed by atoms with E-state index in [1.165, 1.54) is 70.0 Å². The van der Waals surface area contributed by atoms with Gasteiger partial charge in [-0.3, -0.25) is 0 Å². The fourth-order valence-corrected chi connectivity index (χ4v) is 8.16. The Balaban J connectivity index is 1.37. The first-order valence-corrected chi connectivity index (χ1v) is 17.2. The molecule has 9 aromatic rings. The van der Waals surface area contributed by atoms with Gasteiger partial charge in [-0.2, -0.15) is 0 Å². The van der Waals surface area contributed by atoms with Gasteiger partial charge in [0.15, 0.2) is 0 Å². The Morgan fingerprint density at radius 2 is 0.917 bits per heavy atom. The second kappa shape index (κ2) is 12.0. The van der Waals surface area contributed by atoms with Gasteiger partial charge in [0.25, 0.3) is 0 Å². The molecule has 0 radical (unpaired) electrons. The van der Waals surface area contributed by atoms with Crippen LogP contribution < -0.4 is 4.90 Å². The van der Waals surface area contributed by atoms with Gasteiger partial charge in [0.2, 0.25) is 0 Å². The van der Waals surface area contributed by atoms with Crippen LogP contribution in [0.4, 0.5) is 17.1 Å². The third-order valence-corrected chi connectivity index (χ3v) is 10.5. The zero-order valence-corrected chi connectivity index (χ0v) is 27.1. The van der Waals surface area contributed by atoms with Gasteiger partial charge in [-0.1, -0.05) is 158 Å². The number of anilines is 3. The summed E-state index contributed by atoms with van der Waals surface area (Å²) in [4.78, 5) is 2.51. The van der Waals surface area contributed by atoms with Gasteiger partial charge >= 0.3 is 0 Å². The summed E-state index contributed by atoms with van der Waals surface area (Å²) in [5.74, 6) is 0. The van der Waals surface area contributed by atoms with Crippen LogP contribution in [0.2, 0.25) is 0 Å². The van der Waals surface area contributed by atoms with E-state index in [9.17, 15) is 0 Å². The third-order valence-electron chi connectivity index (χ3n) is 9.26. The minimum atomic E-state index is 1.14. The first-order chi connectivity index (χ1) is 23.8. The molecule has 0 atom stereocenters. The van der Waals surface area contributed by atoms with Crippen LogP contribution >= 0.6 is 11.3 Å². The number of hydrogen-bond acceptors (Lipinski definition) is 2. The monoisotopic (exact) mass is 629 g/mol. The Kier molecular flexibility index (Phi) is 7.07. The van der Waals surface area contributed by atoms with E-state index in [-0.39, 0.29) is 0 Å². The highest BCUT2D eigenvalue weighted by atomic mass is 32.1. The van der Waals surface area contributed by atoms with Crippen LogP contribution in [0.5, 0.6) is 0 Å². The van der Waals surface area contributed by atoms with Crippen molar-refractivity contribution in [3.63, 3.8) is 0 Å². The summed E-state index contributed by atoms with van der Waals surface area (Å²) in [7, 11) is 0. The van der Waals surface area contributed by atoms with Crippen molar-refractivity contribution < 1.29 is 0 Å². The molecule has 0 unspecified atom stereocenters. The molecular weight excluding hydrogens is 599 g/mol. The summed E-state index contributed by atoms with van der Waals surface area (Å²) in [5.41, 5.74) is 10.6. The van der Waals surface area contributed by atoms with Gasteiger partial charge in [0.05, 0.1) is 21.8 Å². The molecule has 0 aliphatic rings. The molecule has 0 saturated carbocycles. The maximum Gasteiger partial charge on any atom is 0.0640 e. The van der Waals surface area contributed by atoms with Crippen molar-refractivity contribution in [2.45, 2.75) is 0 Å². The SMILES string of the molecule is c1ccc(-c2ccccc2N(c2cc(-c3ccc4ccccc4c3)ccc2-c2ccccc2)c2cccc3c2sc2ccccc23)cc1. The van der Waals surface area contributed by atoms with E-state index >= 15 is 0 Å². The lowest BCUT2D eigenvalue weighted by atomic mass is 9.94. The summed E-state index contributed by atoms with van der Waals surface area (Å²) in [5, 5.41) is 5.06. The quantitative estimate of drug-likeness (QED) is 0.177. The van der Waals surface area contributed by atoms with Gasteiger partial charge in [-0.05, 0) is 63.4 Å². The van der Waals surface area contributed by atoms with Crippen molar-refractivity contribution in [1.29, 1.82) is 0 Å². The summed E-state index contributed by atoms with van der Waals surface area (Å²) >= 11 is 1.87. The Morgan fingerprint density at radius 1 is 0.333 bits per heavy atom. The average molecular weight is 630 g/mol. The standard InChI is InChI=1S/C46H31NS/c1-3-15-33(16-4-1)38-20-9-11-23-42(38)47(43-24-13-22-41-40-21-10-12-25-45(40)48-46(41)43)44-31-37(28-29-39(44)34-17-5-2-6-18-34)36-27-26-32-14-7-8-19-35(32)30-36/h1-31H. The van der Waals surface area contributed by atoms with E-state index in [1.54, 1.807) is 0 Å². The van der Waals surface area contributed by atoms with Crippen molar-refractivity contribution in [2.75, 3.05) is 4.90 Å². The molecule has 1 heterocycles. The molecular formula is C46H31NS. The molecule has 0 N–H and O–H groups in total. The van der Waals surface area contributed by atoms with E-state index in [2.05, 4.69) is 193 Å². The molecule has 2 heteroatoms. The van der Waals surface area contributed by atoms with Gasteiger partial charge in [0.1, 0.15) is 0 Å². The van der Waals surface area contributed by atoms with Crippen molar-refractivity contribution in [3.05, 3.63) is 188 Å². The lowest BCUT2D eigenvalue weighted by molar-refractivity contribution is 1.30. The Labute approximate surface area is 284 Å². The second-order valence-corrected chi connectivity index (χ2v) is 13.2. The molecule has 0 bridgehead atoms. The summed E-state index contributed by atoms with van der Waals surface area (Å²) in [6.07, 6.45) is 0. The summed E-state index contributed by atoms with van der Waals surface area (Å²) < 4.78 is 2.57. The van der Waals surface area contributed by atoms with E-state index in [4.69, 9.17) is 0 Å². The summed E-state index contributed by atoms with van der Waals surface area (Å²) in [6, 6.07) is 68.3. The highest BCUT2D eigenvalue weighted by molar-refractivity contribution is 7.26. The van der Waals surface area contributed by atoms with Crippen molar-refractivity contribution in [3.8, 4) is 33.4 Å². The molecule has 1 aromatic heterocycles. The highest BCUT2D eigenvalue weighted by Crippen LogP contribution is 2.50. The molecule has 0 spiro atoms. The lowest BCUT2D eigenvalue weighted by Gasteiger charge is -2.31. The van der Waals surface area contributed by atoms with Crippen LogP contribution in [-0.2, 0) is 0 Å². The van der Waals surface area contributed by atoms with Crippen LogP contribution in [0.1, 0.15) is 0 Å². The molecule has 8 aromatic carbocycles. The third kappa shape index (κ3) is 4.95. The molecule has 0 saturated heterocycles. The molecule has 0 aliphatic heterocycles. The average Bonchev–Trinajstić information content (AvgIpc) is 3.55. The van der Waals surface area contributed by atoms with Crippen molar-refractivity contribution in [2.24, 2.45) is 0 Å². The first kappa shape index (κ1) is 28.3. The number of para-hydroxylation sites is 1. The van der Waals surface area contributed by atoms with Gasteiger partial charge in [-0.15, -0.1) is 11.3 Å². The van der Waals surface area contributed by atoms with Gasteiger partial charge in [-0.25, -0.2) is 0 Å². The predicted octanol–water partition coefficient (Wildman–Crippen LogP) is 13.7. The normalized spacial score (nSPS) is 11.3. The maximum absolute atomic E-state index is 2.51. The number of fused-ring (bicyclic) bond motifs is 4. The van der Waals surface area contributed by atoms with Crippen LogP contribution in [0.25, 0.3) is 64.3 Å². The van der Waals surface area contributed by atoms with E-state index in [0.717, 1.165) is 11.4 Å². The first-order valence-electron chi connectivity index (χ1n) is 16.4. The topological polar surface area (TPSA) is 3.24 Å². The smallest absolute Gasteiger partial charge is 0.0640 e. The van der Waals surface area contributed by atoms with Crippen LogP contribution in [0.3, 0.4) is 0 Å². The lowest BCUT2D eigenvalue weighted by Crippen LogP contribution is -2.13. The predicted molar refractivity (Wildman–Crippen MR) is 208 cm³/mol. The summed E-state index contributed by atoms with van der Waals surface area (Å²) in [6.45, 7) is 0. The second-order valence-electron chi connectivity index (χ2n) is 12.1. The molecule has 1 nitrogen and oxygen atoms in total. The van der Waals surface area contributed by atoms with Gasteiger partial charge < -0.3 is 4.90 Å². The zero-order chi connectivity index (χ0) is 31.9. The molecule has 0 amide bonds. The minimum Gasteiger partial charge on any atom is -0.308 e. The largest absolute Gasteiger partial charge is 0.308 e. The fourth-order valence-electron chi connectivity index (χ4n) is 6.96. The van der Waals surface area contributed by atoms with Crippen molar-refractivity contribution >= 4 is 59.3 Å². The zero-order valence-electron chi connectivity index (χ0n) is 26.3. The van der Waals surface area contributed by atoms with E-state index in [1.807, 2.05) is 11.3 Å². The van der Waals surface area contributed by atoms with Gasteiger partial charge in [0, 0.05) is 26.6 Å². The highest BCUT2D eigenvalue weighted by Gasteiger charge is 2.24. The number of rotatable bonds is 6. The molecule has 0 fully saturated rings. The number of nitrogens with zero attached hydrogens (tertiary/aromatic N) is 1. The van der Waals surface area contributed by atoms with Crippen LogP contribution in [0, 0.1) is 0 Å². The number of benzene rings is 8. The van der Waals surface area contributed by atoms with Crippen molar-refractivity contribution in [1.82, 2.24) is 0 Å². The van der Waals surface area contributed by atoms with Crippen LogP contribution in [0.15, 0.2) is 188 Å².